The van der Waals surface area contributed by atoms with Crippen LogP contribution in [-0.2, 0) is 22.4 Å². The number of para-hydroxylation sites is 1. The highest BCUT2D eigenvalue weighted by molar-refractivity contribution is 5.93. The highest BCUT2D eigenvalue weighted by atomic mass is 16.2. The molecule has 3 N–H and O–H groups in total. The van der Waals surface area contributed by atoms with Crippen molar-refractivity contribution >= 4 is 22.7 Å². The van der Waals surface area contributed by atoms with Crippen LogP contribution >= 0.6 is 0 Å². The molecule has 0 spiro atoms. The number of nitrogens with one attached hydrogen (secondary N) is 3. The van der Waals surface area contributed by atoms with Gasteiger partial charge in [-0.1, -0.05) is 48.5 Å². The van der Waals surface area contributed by atoms with E-state index in [1.807, 2.05) is 49.5 Å². The molecule has 1 aromatic heterocycles. The van der Waals surface area contributed by atoms with Crippen molar-refractivity contribution < 1.29 is 9.59 Å². The summed E-state index contributed by atoms with van der Waals surface area (Å²) in [5.41, 5.74) is 2.40. The Morgan fingerprint density at radius 2 is 1.59 bits per heavy atom. The highest BCUT2D eigenvalue weighted by Crippen LogP contribution is 2.61. The van der Waals surface area contributed by atoms with Crippen LogP contribution in [0.15, 0.2) is 60.8 Å². The van der Waals surface area contributed by atoms with Crippen LogP contribution in [0.1, 0.15) is 63.0 Å². The molecule has 4 saturated carbocycles. The number of benzene rings is 2. The van der Waals surface area contributed by atoms with Gasteiger partial charge in [0.05, 0.1) is 0 Å². The molecule has 4 aliphatic rings. The van der Waals surface area contributed by atoms with Crippen LogP contribution in [0.25, 0.3) is 10.9 Å². The smallest absolute Gasteiger partial charge is 0.245 e. The molecule has 1 heterocycles. The second-order valence-corrected chi connectivity index (χ2v) is 12.5. The maximum atomic E-state index is 13.7. The number of fused-ring (bicyclic) bond motifs is 1. The largest absolute Gasteiger partial charge is 0.361 e. The van der Waals surface area contributed by atoms with Gasteiger partial charge in [0.1, 0.15) is 5.54 Å². The third-order valence-electron chi connectivity index (χ3n) is 9.38. The van der Waals surface area contributed by atoms with E-state index in [0.717, 1.165) is 40.6 Å². The standard InChI is InChI=1S/C32H39N3O2/c1-31(19-26-21-34-28-10-6-5-9-27(26)28,30(37)33-12-11-22-7-3-2-4-8-22)35-29(36)20-32-16-23-13-24(17-32)15-25(14-23)18-32/h2-10,21,23-25,34H,11-20H2,1H3,(H,33,37)(H,35,36). The fraction of sp³-hybridized carbons (Fsp3) is 0.500. The monoisotopic (exact) mass is 497 g/mol. The van der Waals surface area contributed by atoms with E-state index in [1.165, 1.54) is 44.1 Å². The zero-order chi connectivity index (χ0) is 25.5. The van der Waals surface area contributed by atoms with Gasteiger partial charge in [0.2, 0.25) is 11.8 Å². The lowest BCUT2D eigenvalue weighted by Crippen LogP contribution is -2.59. The number of carbonyl (C=O) groups is 2. The molecular weight excluding hydrogens is 458 g/mol. The van der Waals surface area contributed by atoms with E-state index in [2.05, 4.69) is 33.8 Å². The summed E-state index contributed by atoms with van der Waals surface area (Å²) in [6.07, 6.45) is 11.4. The average Bonchev–Trinajstić information content (AvgIpc) is 3.25. The summed E-state index contributed by atoms with van der Waals surface area (Å²) in [7, 11) is 0. The molecule has 2 aromatic carbocycles. The summed E-state index contributed by atoms with van der Waals surface area (Å²) >= 11 is 0. The predicted octanol–water partition coefficient (Wildman–Crippen LogP) is 5.55. The quantitative estimate of drug-likeness (QED) is 0.363. The summed E-state index contributed by atoms with van der Waals surface area (Å²) in [5, 5.41) is 7.49. The molecular formula is C32H39N3O2. The number of H-pyrrole nitrogens is 1. The molecule has 3 aromatic rings. The SMILES string of the molecule is CC(Cc1c[nH]c2ccccc12)(NC(=O)CC12CC3CC(CC(C3)C1)C2)C(=O)NCCc1ccccc1. The molecule has 1 atom stereocenters. The maximum absolute atomic E-state index is 13.7. The molecule has 5 nitrogen and oxygen atoms in total. The minimum atomic E-state index is -1.03. The van der Waals surface area contributed by atoms with Gasteiger partial charge in [-0.25, -0.2) is 0 Å². The van der Waals surface area contributed by atoms with E-state index in [9.17, 15) is 9.59 Å². The lowest BCUT2D eigenvalue weighted by Gasteiger charge is -2.56. The minimum Gasteiger partial charge on any atom is -0.361 e. The van der Waals surface area contributed by atoms with Gasteiger partial charge in [0.15, 0.2) is 0 Å². The van der Waals surface area contributed by atoms with Crippen LogP contribution in [0.3, 0.4) is 0 Å². The van der Waals surface area contributed by atoms with E-state index in [0.29, 0.717) is 19.4 Å². The minimum absolute atomic E-state index is 0.0301. The lowest BCUT2D eigenvalue weighted by atomic mass is 9.49. The first-order chi connectivity index (χ1) is 17.9. The first-order valence-electron chi connectivity index (χ1n) is 14.1. The van der Waals surface area contributed by atoms with Crippen LogP contribution in [-0.4, -0.2) is 28.9 Å². The van der Waals surface area contributed by atoms with Gasteiger partial charge in [-0.3, -0.25) is 9.59 Å². The first kappa shape index (κ1) is 24.3. The molecule has 4 fully saturated rings. The average molecular weight is 498 g/mol. The van der Waals surface area contributed by atoms with E-state index in [4.69, 9.17) is 0 Å². The van der Waals surface area contributed by atoms with Crippen molar-refractivity contribution in [2.45, 2.75) is 70.3 Å². The zero-order valence-electron chi connectivity index (χ0n) is 21.9. The Labute approximate surface area is 219 Å². The van der Waals surface area contributed by atoms with Crippen LogP contribution in [0.5, 0.6) is 0 Å². The Morgan fingerprint density at radius 1 is 0.946 bits per heavy atom. The van der Waals surface area contributed by atoms with E-state index >= 15 is 0 Å². The lowest BCUT2D eigenvalue weighted by molar-refractivity contribution is -0.137. The Hall–Kier alpha value is -3.08. The number of carbonyl (C=O) groups excluding carboxylic acids is 2. The number of rotatable bonds is 9. The molecule has 4 bridgehead atoms. The molecule has 1 unspecified atom stereocenters. The van der Waals surface area contributed by atoms with E-state index in [1.54, 1.807) is 0 Å². The Kier molecular flexibility index (Phi) is 6.34. The van der Waals surface area contributed by atoms with Gasteiger partial charge in [-0.05, 0) is 92.2 Å². The number of amides is 2. The van der Waals surface area contributed by atoms with Crippen molar-refractivity contribution in [2.75, 3.05) is 6.54 Å². The Morgan fingerprint density at radius 3 is 2.30 bits per heavy atom. The third kappa shape index (κ3) is 5.05. The second-order valence-electron chi connectivity index (χ2n) is 12.5. The zero-order valence-corrected chi connectivity index (χ0v) is 21.9. The van der Waals surface area contributed by atoms with Gasteiger partial charge in [-0.2, -0.15) is 0 Å². The second kappa shape index (κ2) is 9.66. The molecule has 0 aliphatic heterocycles. The van der Waals surface area contributed by atoms with Crippen LogP contribution in [0.2, 0.25) is 0 Å². The molecule has 7 rings (SSSR count). The van der Waals surface area contributed by atoms with Gasteiger partial charge in [-0.15, -0.1) is 0 Å². The van der Waals surface area contributed by atoms with E-state index < -0.39 is 5.54 Å². The molecule has 0 saturated heterocycles. The molecule has 37 heavy (non-hydrogen) atoms. The van der Waals surface area contributed by atoms with Crippen molar-refractivity contribution in [3.63, 3.8) is 0 Å². The summed E-state index contributed by atoms with van der Waals surface area (Å²) in [6, 6.07) is 18.3. The van der Waals surface area contributed by atoms with Crippen molar-refractivity contribution in [3.8, 4) is 0 Å². The normalized spacial score (nSPS) is 27.6. The number of hydrogen-bond acceptors (Lipinski definition) is 2. The van der Waals surface area contributed by atoms with Crippen molar-refractivity contribution in [3.05, 3.63) is 71.9 Å². The van der Waals surface area contributed by atoms with Gasteiger partial charge in [0, 0.05) is 36.5 Å². The van der Waals surface area contributed by atoms with Gasteiger partial charge in [0.25, 0.3) is 0 Å². The van der Waals surface area contributed by atoms with Gasteiger partial charge >= 0.3 is 0 Å². The summed E-state index contributed by atoms with van der Waals surface area (Å²) in [5.74, 6) is 2.32. The first-order valence-corrected chi connectivity index (χ1v) is 14.1. The molecule has 0 radical (unpaired) electrons. The third-order valence-corrected chi connectivity index (χ3v) is 9.38. The summed E-state index contributed by atoms with van der Waals surface area (Å²) < 4.78 is 0. The van der Waals surface area contributed by atoms with Crippen molar-refractivity contribution in [1.82, 2.24) is 15.6 Å². The van der Waals surface area contributed by atoms with Gasteiger partial charge < -0.3 is 15.6 Å². The number of aromatic nitrogens is 1. The highest BCUT2D eigenvalue weighted by Gasteiger charge is 2.52. The van der Waals surface area contributed by atoms with Crippen molar-refractivity contribution in [1.29, 1.82) is 0 Å². The van der Waals surface area contributed by atoms with Crippen LogP contribution in [0, 0.1) is 23.2 Å². The van der Waals surface area contributed by atoms with Crippen LogP contribution < -0.4 is 10.6 Å². The molecule has 5 heteroatoms. The molecule has 194 valence electrons. The van der Waals surface area contributed by atoms with Crippen molar-refractivity contribution in [2.24, 2.45) is 23.2 Å². The topological polar surface area (TPSA) is 74.0 Å². The number of aromatic amines is 1. The summed E-state index contributed by atoms with van der Waals surface area (Å²) in [4.78, 5) is 30.6. The molecule has 4 aliphatic carbocycles. The summed E-state index contributed by atoms with van der Waals surface area (Å²) in [6.45, 7) is 2.43. The predicted molar refractivity (Wildman–Crippen MR) is 147 cm³/mol. The Balaban J connectivity index is 1.19. The van der Waals surface area contributed by atoms with Crippen LogP contribution in [0.4, 0.5) is 0 Å². The van der Waals surface area contributed by atoms with E-state index in [-0.39, 0.29) is 17.2 Å². The fourth-order valence-electron chi connectivity index (χ4n) is 8.20. The maximum Gasteiger partial charge on any atom is 0.245 e. The molecule has 2 amide bonds. The fourth-order valence-corrected chi connectivity index (χ4v) is 8.20. The number of hydrogen-bond donors (Lipinski definition) is 3. The Bertz CT molecular complexity index is 1240.